The van der Waals surface area contributed by atoms with Gasteiger partial charge < -0.3 is 15.2 Å². The third kappa shape index (κ3) is 4.35. The van der Waals surface area contributed by atoms with Gasteiger partial charge in [-0.25, -0.2) is 18.0 Å². The van der Waals surface area contributed by atoms with Crippen molar-refractivity contribution in [2.24, 2.45) is 0 Å². The fourth-order valence-corrected chi connectivity index (χ4v) is 4.41. The zero-order valence-electron chi connectivity index (χ0n) is 19.4. The van der Waals surface area contributed by atoms with E-state index in [0.717, 1.165) is 29.2 Å². The molecule has 174 valence electrons. The quantitative estimate of drug-likeness (QED) is 0.347. The van der Waals surface area contributed by atoms with Gasteiger partial charge in [-0.1, -0.05) is 18.2 Å². The Kier molecular flexibility index (Phi) is 5.40. The van der Waals surface area contributed by atoms with Crippen LogP contribution < -0.4 is 0 Å². The molecule has 0 fully saturated rings. The molecule has 0 spiro atoms. The molecule has 0 saturated heterocycles. The Morgan fingerprint density at radius 1 is 1.27 bits per heavy atom. The van der Waals surface area contributed by atoms with Crippen molar-refractivity contribution >= 4 is 22.9 Å². The van der Waals surface area contributed by atoms with Gasteiger partial charge in [-0.3, -0.25) is 4.90 Å². The second kappa shape index (κ2) is 8.26. The molecule has 2 aromatic carbocycles. The summed E-state index contributed by atoms with van der Waals surface area (Å²) in [7, 11) is 0. The molecule has 0 saturated carbocycles. The molecule has 1 aliphatic rings. The Morgan fingerprint density at radius 3 is 2.52 bits per heavy atom. The van der Waals surface area contributed by atoms with Crippen LogP contribution in [0, 0.1) is 11.6 Å². The van der Waals surface area contributed by atoms with Crippen molar-refractivity contribution in [1.82, 2.24) is 9.88 Å². The van der Waals surface area contributed by atoms with Gasteiger partial charge >= 0.3 is 5.97 Å². The summed E-state index contributed by atoms with van der Waals surface area (Å²) in [5, 5.41) is 19.1. The number of H-pyrrole nitrogens is 1. The summed E-state index contributed by atoms with van der Waals surface area (Å²) in [6, 6.07) is 6.45. The van der Waals surface area contributed by atoms with E-state index >= 15 is 8.78 Å². The van der Waals surface area contributed by atoms with Gasteiger partial charge in [0.1, 0.15) is 17.3 Å². The maximum atomic E-state index is 15.5. The van der Waals surface area contributed by atoms with E-state index in [-0.39, 0.29) is 17.8 Å². The Morgan fingerprint density at radius 2 is 1.91 bits per heavy atom. The summed E-state index contributed by atoms with van der Waals surface area (Å²) in [5.41, 5.74) is -0.900. The number of hydrogen-bond donors (Lipinski definition) is 3. The first-order valence-corrected chi connectivity index (χ1v) is 10.5. The Bertz CT molecular complexity index is 1290. The van der Waals surface area contributed by atoms with E-state index in [9.17, 15) is 15.7 Å². The van der Waals surface area contributed by atoms with E-state index in [1.54, 1.807) is 19.1 Å². The number of carboxylic acid groups (broad SMARTS) is 1. The first kappa shape index (κ1) is 21.6. The monoisotopic (exact) mass is 459 g/mol. The standard InChI is InChI=1S/C25H25F3N2O3/c1-13-8-16-15-6-4-5-7-19(15)29-22(16)23(30(13)12-25(2,3)28)21-17(26)9-14(10-18(21)27)11-20(31)24(32)33/h4-7,9-11,13,23,29,31H,8,12H2,1-3H3,(H,32,33)/b20-11+/t13-,23-/m1/s1/i23D. The maximum absolute atomic E-state index is 15.5. The van der Waals surface area contributed by atoms with Crippen LogP contribution in [0.1, 0.15) is 50.5 Å². The number of aliphatic hydroxyl groups is 1. The summed E-state index contributed by atoms with van der Waals surface area (Å²) in [6.45, 7) is 4.22. The molecule has 33 heavy (non-hydrogen) atoms. The smallest absolute Gasteiger partial charge is 0.370 e. The Balaban J connectivity index is 1.99. The number of hydrogen-bond acceptors (Lipinski definition) is 3. The van der Waals surface area contributed by atoms with Crippen molar-refractivity contribution in [3.05, 3.63) is 76.2 Å². The molecule has 0 aliphatic carbocycles. The number of carbonyl (C=O) groups is 1. The molecule has 0 amide bonds. The lowest BCUT2D eigenvalue weighted by molar-refractivity contribution is -0.135. The number of aromatic amines is 1. The summed E-state index contributed by atoms with van der Waals surface area (Å²) in [5.74, 6) is -4.96. The SMILES string of the molecule is [2H][C@@]1(c2c(F)cc(/C=C(/O)C(=O)O)cc2F)c2[nH]c3ccccc3c2C[C@@H](C)N1CC(C)(C)F. The molecule has 4 rings (SSSR count). The number of para-hydroxylation sites is 1. The molecule has 3 aromatic rings. The fourth-order valence-electron chi connectivity index (χ4n) is 4.41. The van der Waals surface area contributed by atoms with Crippen molar-refractivity contribution in [2.75, 3.05) is 6.54 Å². The summed E-state index contributed by atoms with van der Waals surface area (Å²) >= 11 is 0. The van der Waals surface area contributed by atoms with Crippen molar-refractivity contribution in [2.45, 2.75) is 44.9 Å². The van der Waals surface area contributed by atoms with E-state index in [4.69, 9.17) is 5.11 Å². The van der Waals surface area contributed by atoms with E-state index in [1.165, 1.54) is 18.7 Å². The zero-order chi connectivity index (χ0) is 25.0. The van der Waals surface area contributed by atoms with Gasteiger partial charge in [0.15, 0.2) is 0 Å². The normalized spacial score (nSPS) is 22.3. The predicted molar refractivity (Wildman–Crippen MR) is 120 cm³/mol. The first-order valence-electron chi connectivity index (χ1n) is 11.0. The van der Waals surface area contributed by atoms with E-state index in [2.05, 4.69) is 4.98 Å². The van der Waals surface area contributed by atoms with Crippen LogP contribution in [0.3, 0.4) is 0 Å². The van der Waals surface area contributed by atoms with Crippen LogP contribution in [-0.2, 0) is 11.2 Å². The fraction of sp³-hybridized carbons (Fsp3) is 0.320. The molecular formula is C25H25F3N2O3. The van der Waals surface area contributed by atoms with Gasteiger partial charge in [-0.15, -0.1) is 0 Å². The summed E-state index contributed by atoms with van der Waals surface area (Å²) < 4.78 is 55.4. The highest BCUT2D eigenvalue weighted by Crippen LogP contribution is 2.43. The third-order valence-corrected chi connectivity index (χ3v) is 5.74. The molecule has 2 atom stereocenters. The predicted octanol–water partition coefficient (Wildman–Crippen LogP) is 5.51. The highest BCUT2D eigenvalue weighted by molar-refractivity contribution is 5.89. The van der Waals surface area contributed by atoms with Crippen LogP contribution in [0.5, 0.6) is 0 Å². The lowest BCUT2D eigenvalue weighted by Crippen LogP contribution is -2.48. The van der Waals surface area contributed by atoms with Crippen molar-refractivity contribution in [3.63, 3.8) is 0 Å². The third-order valence-electron chi connectivity index (χ3n) is 5.74. The molecular weight excluding hydrogens is 433 g/mol. The van der Waals surface area contributed by atoms with Crippen LogP contribution >= 0.6 is 0 Å². The van der Waals surface area contributed by atoms with Gasteiger partial charge in [-0.2, -0.15) is 0 Å². The van der Waals surface area contributed by atoms with E-state index < -0.39 is 46.7 Å². The minimum atomic E-state index is -2.14. The second-order valence-electron chi connectivity index (χ2n) is 8.97. The highest BCUT2D eigenvalue weighted by atomic mass is 19.1. The van der Waals surface area contributed by atoms with Gasteiger partial charge in [0.2, 0.25) is 5.76 Å². The number of carboxylic acids is 1. The number of aliphatic carboxylic acids is 1. The summed E-state index contributed by atoms with van der Waals surface area (Å²) in [4.78, 5) is 15.5. The van der Waals surface area contributed by atoms with Crippen LogP contribution in [0.2, 0.25) is 0 Å². The van der Waals surface area contributed by atoms with Gasteiger partial charge in [0.05, 0.1) is 7.39 Å². The minimum Gasteiger partial charge on any atom is -0.502 e. The van der Waals surface area contributed by atoms with Crippen molar-refractivity contribution in [1.29, 1.82) is 0 Å². The number of halogens is 3. The number of rotatable bonds is 5. The Labute approximate surface area is 190 Å². The van der Waals surface area contributed by atoms with Gasteiger partial charge in [0.25, 0.3) is 0 Å². The average molecular weight is 459 g/mol. The second-order valence-corrected chi connectivity index (χ2v) is 8.97. The van der Waals surface area contributed by atoms with Crippen molar-refractivity contribution < 1.29 is 29.5 Å². The average Bonchev–Trinajstić information content (AvgIpc) is 3.09. The molecule has 5 nitrogen and oxygen atoms in total. The number of nitrogens with zero attached hydrogens (tertiary/aromatic N) is 1. The van der Waals surface area contributed by atoms with Crippen LogP contribution in [0.15, 0.2) is 42.2 Å². The van der Waals surface area contributed by atoms with Gasteiger partial charge in [-0.05, 0) is 62.6 Å². The van der Waals surface area contributed by atoms with E-state index in [1.807, 2.05) is 12.1 Å². The molecule has 3 N–H and O–H groups in total. The zero-order valence-corrected chi connectivity index (χ0v) is 18.4. The maximum Gasteiger partial charge on any atom is 0.370 e. The largest absolute Gasteiger partial charge is 0.502 e. The van der Waals surface area contributed by atoms with Crippen LogP contribution in [0.4, 0.5) is 13.2 Å². The molecule has 1 aliphatic heterocycles. The first-order chi connectivity index (χ1) is 15.8. The topological polar surface area (TPSA) is 76.6 Å². The lowest BCUT2D eigenvalue weighted by Gasteiger charge is -2.43. The number of fused-ring (bicyclic) bond motifs is 3. The summed E-state index contributed by atoms with van der Waals surface area (Å²) in [6.07, 6.45) is 1.17. The highest BCUT2D eigenvalue weighted by Gasteiger charge is 2.40. The molecule has 0 unspecified atom stereocenters. The number of nitrogens with one attached hydrogen (secondary N) is 1. The van der Waals surface area contributed by atoms with Gasteiger partial charge in [0, 0.05) is 34.7 Å². The number of aromatic nitrogens is 1. The van der Waals surface area contributed by atoms with Crippen LogP contribution in [0.25, 0.3) is 17.0 Å². The molecule has 1 aromatic heterocycles. The van der Waals surface area contributed by atoms with E-state index in [0.29, 0.717) is 11.9 Å². The number of benzene rings is 2. The lowest BCUT2D eigenvalue weighted by atomic mass is 9.87. The molecule has 0 bridgehead atoms. The number of aliphatic hydroxyl groups excluding tert-OH is 1. The number of alkyl halides is 1. The minimum absolute atomic E-state index is 0.222. The molecule has 2 heterocycles. The van der Waals surface area contributed by atoms with Crippen molar-refractivity contribution in [3.8, 4) is 0 Å². The van der Waals surface area contributed by atoms with Crippen LogP contribution in [-0.4, -0.2) is 44.3 Å². The Hall–Kier alpha value is -3.26. The molecule has 8 heteroatoms. The molecule has 0 radical (unpaired) electrons.